The Balaban J connectivity index is 2.53. The maximum absolute atomic E-state index is 13.4. The Morgan fingerprint density at radius 1 is 1.06 bits per heavy atom. The van der Waals surface area contributed by atoms with E-state index in [1.54, 1.807) is 0 Å². The molecular weight excluding hydrogens is 412 g/mol. The molecule has 2 unspecified atom stereocenters. The van der Waals surface area contributed by atoms with E-state index in [0.29, 0.717) is 0 Å². The minimum atomic E-state index is -1.33. The van der Waals surface area contributed by atoms with Crippen molar-refractivity contribution in [3.63, 3.8) is 0 Å². The SMILES string of the molecule is COC(=O)c1cc(O)cc2oc3c(OC)c(C(CO)C(O)CO)cc(OC)c3c(=O)c12. The van der Waals surface area contributed by atoms with E-state index in [0.717, 1.165) is 19.2 Å². The molecule has 1 aromatic heterocycles. The molecule has 10 nitrogen and oxygen atoms in total. The third kappa shape index (κ3) is 3.65. The van der Waals surface area contributed by atoms with Gasteiger partial charge in [0.15, 0.2) is 11.3 Å². The average molecular weight is 434 g/mol. The van der Waals surface area contributed by atoms with Gasteiger partial charge in [-0.15, -0.1) is 0 Å². The van der Waals surface area contributed by atoms with Crippen LogP contribution < -0.4 is 14.9 Å². The largest absolute Gasteiger partial charge is 0.508 e. The van der Waals surface area contributed by atoms with Crippen LogP contribution in [0.15, 0.2) is 27.4 Å². The third-order valence-electron chi connectivity index (χ3n) is 5.06. The molecule has 3 aromatic rings. The van der Waals surface area contributed by atoms with Gasteiger partial charge in [-0.25, -0.2) is 4.79 Å². The number of rotatable bonds is 7. The van der Waals surface area contributed by atoms with Crippen LogP contribution in [0.25, 0.3) is 21.9 Å². The summed E-state index contributed by atoms with van der Waals surface area (Å²) in [6, 6.07) is 3.64. The molecule has 0 bridgehead atoms. The van der Waals surface area contributed by atoms with Crippen molar-refractivity contribution in [3.8, 4) is 17.2 Å². The second kappa shape index (κ2) is 8.80. The highest BCUT2D eigenvalue weighted by Crippen LogP contribution is 2.41. The summed E-state index contributed by atoms with van der Waals surface area (Å²) >= 11 is 0. The van der Waals surface area contributed by atoms with Crippen LogP contribution in [-0.4, -0.2) is 67.0 Å². The molecule has 0 amide bonds. The number of aliphatic hydroxyl groups is 3. The summed E-state index contributed by atoms with van der Waals surface area (Å²) in [5.41, 5.74) is -0.798. The maximum Gasteiger partial charge on any atom is 0.338 e. The first-order chi connectivity index (χ1) is 14.8. The van der Waals surface area contributed by atoms with Crippen LogP contribution in [0.2, 0.25) is 0 Å². The van der Waals surface area contributed by atoms with Gasteiger partial charge in [-0.05, 0) is 12.1 Å². The first-order valence-electron chi connectivity index (χ1n) is 9.19. The molecule has 4 N–H and O–H groups in total. The van der Waals surface area contributed by atoms with Crippen molar-refractivity contribution in [2.75, 3.05) is 34.5 Å². The molecule has 31 heavy (non-hydrogen) atoms. The number of ether oxygens (including phenoxy) is 3. The fourth-order valence-electron chi connectivity index (χ4n) is 3.57. The monoisotopic (exact) mass is 434 g/mol. The van der Waals surface area contributed by atoms with E-state index in [-0.39, 0.29) is 50.3 Å². The number of phenolic OH excluding ortho intramolecular Hbond substituents is 1. The van der Waals surface area contributed by atoms with Crippen LogP contribution in [0, 0.1) is 0 Å². The van der Waals surface area contributed by atoms with Crippen molar-refractivity contribution in [1.82, 2.24) is 0 Å². The lowest BCUT2D eigenvalue weighted by atomic mass is 9.91. The summed E-state index contributed by atoms with van der Waals surface area (Å²) in [4.78, 5) is 25.6. The summed E-state index contributed by atoms with van der Waals surface area (Å²) in [6.45, 7) is -1.18. The van der Waals surface area contributed by atoms with Gasteiger partial charge in [0.1, 0.15) is 22.5 Å². The normalized spacial score (nSPS) is 13.2. The van der Waals surface area contributed by atoms with E-state index < -0.39 is 36.6 Å². The number of benzene rings is 2. The molecule has 1 heterocycles. The van der Waals surface area contributed by atoms with Crippen LogP contribution in [0.3, 0.4) is 0 Å². The first-order valence-corrected chi connectivity index (χ1v) is 9.19. The quantitative estimate of drug-likeness (QED) is 0.311. The third-order valence-corrected chi connectivity index (χ3v) is 5.06. The van der Waals surface area contributed by atoms with Crippen LogP contribution in [-0.2, 0) is 4.74 Å². The zero-order chi connectivity index (χ0) is 22.9. The zero-order valence-corrected chi connectivity index (χ0v) is 17.0. The summed E-state index contributed by atoms with van der Waals surface area (Å²) in [5, 5.41) is 39.1. The van der Waals surface area contributed by atoms with Crippen molar-refractivity contribution >= 4 is 27.9 Å². The Hall–Kier alpha value is -3.34. The van der Waals surface area contributed by atoms with E-state index >= 15 is 0 Å². The highest BCUT2D eigenvalue weighted by atomic mass is 16.5. The smallest absolute Gasteiger partial charge is 0.338 e. The second-order valence-corrected chi connectivity index (χ2v) is 6.73. The number of hydrogen-bond acceptors (Lipinski definition) is 10. The van der Waals surface area contributed by atoms with Crippen LogP contribution in [0.5, 0.6) is 17.2 Å². The van der Waals surface area contributed by atoms with Crippen molar-refractivity contribution in [3.05, 3.63) is 39.5 Å². The average Bonchev–Trinajstić information content (AvgIpc) is 2.77. The van der Waals surface area contributed by atoms with Crippen molar-refractivity contribution < 1.29 is 43.8 Å². The van der Waals surface area contributed by atoms with Gasteiger partial charge in [0, 0.05) is 17.5 Å². The van der Waals surface area contributed by atoms with E-state index in [2.05, 4.69) is 0 Å². The van der Waals surface area contributed by atoms with E-state index in [9.17, 15) is 30.0 Å². The molecule has 0 spiro atoms. The number of carbonyl (C=O) groups is 1. The lowest BCUT2D eigenvalue weighted by Gasteiger charge is -2.23. The maximum atomic E-state index is 13.4. The molecule has 2 atom stereocenters. The Bertz CT molecular complexity index is 1200. The van der Waals surface area contributed by atoms with Crippen molar-refractivity contribution in [2.24, 2.45) is 0 Å². The molecule has 0 aliphatic rings. The van der Waals surface area contributed by atoms with Gasteiger partial charge in [0.05, 0.1) is 51.6 Å². The predicted molar refractivity (Wildman–Crippen MR) is 109 cm³/mol. The summed E-state index contributed by atoms with van der Waals surface area (Å²) in [7, 11) is 3.75. The lowest BCUT2D eigenvalue weighted by molar-refractivity contribution is 0.0518. The first kappa shape index (κ1) is 22.3. The molecule has 0 radical (unpaired) electrons. The molecule has 3 rings (SSSR count). The molecule has 0 aliphatic heterocycles. The summed E-state index contributed by atoms with van der Waals surface area (Å²) in [5.74, 6) is -2.10. The van der Waals surface area contributed by atoms with Crippen LogP contribution in [0.4, 0.5) is 0 Å². The van der Waals surface area contributed by atoms with Gasteiger partial charge in [-0.1, -0.05) is 0 Å². The number of methoxy groups -OCH3 is 3. The molecule has 0 saturated carbocycles. The Labute approximate surface area is 175 Å². The second-order valence-electron chi connectivity index (χ2n) is 6.73. The van der Waals surface area contributed by atoms with Crippen LogP contribution >= 0.6 is 0 Å². The number of fused-ring (bicyclic) bond motifs is 2. The minimum absolute atomic E-state index is 0.0179. The fourth-order valence-corrected chi connectivity index (χ4v) is 3.57. The number of hydrogen-bond donors (Lipinski definition) is 4. The molecule has 2 aromatic carbocycles. The number of esters is 1. The Morgan fingerprint density at radius 3 is 2.32 bits per heavy atom. The number of aromatic hydroxyl groups is 1. The fraction of sp³-hybridized carbons (Fsp3) is 0.333. The highest BCUT2D eigenvalue weighted by Gasteiger charge is 2.29. The molecule has 0 saturated heterocycles. The minimum Gasteiger partial charge on any atom is -0.508 e. The van der Waals surface area contributed by atoms with E-state index in [1.165, 1.54) is 20.3 Å². The highest BCUT2D eigenvalue weighted by molar-refractivity contribution is 6.07. The van der Waals surface area contributed by atoms with Gasteiger partial charge >= 0.3 is 5.97 Å². The van der Waals surface area contributed by atoms with Gasteiger partial charge in [-0.2, -0.15) is 0 Å². The van der Waals surface area contributed by atoms with Gasteiger partial charge in [0.2, 0.25) is 5.43 Å². The van der Waals surface area contributed by atoms with Crippen molar-refractivity contribution in [2.45, 2.75) is 12.0 Å². The Morgan fingerprint density at radius 2 is 1.77 bits per heavy atom. The predicted octanol–water partition coefficient (Wildman–Crippen LogP) is 0.885. The van der Waals surface area contributed by atoms with E-state index in [4.69, 9.17) is 18.6 Å². The zero-order valence-electron chi connectivity index (χ0n) is 17.0. The van der Waals surface area contributed by atoms with Crippen molar-refractivity contribution in [1.29, 1.82) is 0 Å². The van der Waals surface area contributed by atoms with Gasteiger partial charge in [0.25, 0.3) is 0 Å². The summed E-state index contributed by atoms with van der Waals surface area (Å²) < 4.78 is 21.3. The number of aliphatic hydroxyl groups excluding tert-OH is 3. The number of phenols is 1. The van der Waals surface area contributed by atoms with E-state index in [1.807, 2.05) is 0 Å². The summed E-state index contributed by atoms with van der Waals surface area (Å²) in [6.07, 6.45) is -1.33. The Kier molecular flexibility index (Phi) is 6.34. The molecule has 0 fully saturated rings. The van der Waals surface area contributed by atoms with Crippen LogP contribution in [0.1, 0.15) is 21.8 Å². The van der Waals surface area contributed by atoms with Gasteiger partial charge < -0.3 is 39.1 Å². The lowest BCUT2D eigenvalue weighted by Crippen LogP contribution is -2.26. The molecule has 10 heteroatoms. The molecule has 0 aliphatic carbocycles. The van der Waals surface area contributed by atoms with Gasteiger partial charge in [-0.3, -0.25) is 4.79 Å². The standard InChI is InChI=1S/C21H22O10/c1-28-14-6-10(12(7-22)13(25)8-23)19(29-2)20-17(14)18(26)16-11(21(27)30-3)4-9(24)5-15(16)31-20/h4-6,12-13,22-25H,7-8H2,1-3H3. The molecular formula is C21H22O10. The number of carbonyl (C=O) groups excluding carboxylic acids is 1. The molecule has 166 valence electrons. The topological polar surface area (TPSA) is 156 Å².